The molecule has 0 saturated carbocycles. The van der Waals surface area contributed by atoms with Crippen molar-refractivity contribution in [2.45, 2.75) is 24.5 Å². The van der Waals surface area contributed by atoms with Gasteiger partial charge in [0.1, 0.15) is 32.5 Å². The molecule has 4 aromatic carbocycles. The highest BCUT2D eigenvalue weighted by Crippen LogP contribution is 2.51. The van der Waals surface area contributed by atoms with Crippen molar-refractivity contribution in [3.63, 3.8) is 0 Å². The van der Waals surface area contributed by atoms with E-state index in [1.54, 1.807) is 0 Å². The number of nitro benzene ring substituents is 1. The monoisotopic (exact) mass is 813 g/mol. The zero-order chi connectivity index (χ0) is 37.9. The number of phenols is 2. The normalized spacial score (nSPS) is 12.7. The molecule has 272 valence electrons. The number of rotatable bonds is 14. The van der Waals surface area contributed by atoms with E-state index < -0.39 is 99.9 Å². The van der Waals surface area contributed by atoms with Gasteiger partial charge in [-0.1, -0.05) is 10.1 Å². The SMILES string of the molecule is O=[N+]([O-])c1ccc(N=Nc2c(S(=O)(=O)O)cc3cc(SOOO)c(N=Nc4cc(S(=O)(=O)O)ccc4S(=O)(=O)O)c(O)c3c2O)c(SOOO)c1. The predicted octanol–water partition coefficient (Wildman–Crippen LogP) is 5.59. The van der Waals surface area contributed by atoms with Gasteiger partial charge in [-0.15, -0.1) is 29.1 Å². The zero-order valence-corrected chi connectivity index (χ0v) is 28.0. The van der Waals surface area contributed by atoms with Gasteiger partial charge in [0.25, 0.3) is 36.0 Å². The Morgan fingerprint density at radius 2 is 1.22 bits per heavy atom. The molecule has 0 fully saturated rings. The largest absolute Gasteiger partial charge is 0.505 e. The van der Waals surface area contributed by atoms with Crippen LogP contribution in [0.2, 0.25) is 0 Å². The number of hydrogen-bond acceptors (Lipinski definition) is 22. The van der Waals surface area contributed by atoms with E-state index in [2.05, 4.69) is 39.2 Å². The van der Waals surface area contributed by atoms with E-state index >= 15 is 0 Å². The summed E-state index contributed by atoms with van der Waals surface area (Å²) in [6.07, 6.45) is 0. The Hall–Kier alpha value is -4.47. The van der Waals surface area contributed by atoms with Gasteiger partial charge in [-0.2, -0.15) is 25.3 Å². The third-order valence-corrected chi connectivity index (χ3v) is 9.89. The Balaban J connectivity index is 2.01. The van der Waals surface area contributed by atoms with Crippen LogP contribution in [0.4, 0.5) is 28.4 Å². The Labute approximate surface area is 291 Å². The van der Waals surface area contributed by atoms with Gasteiger partial charge in [0.2, 0.25) is 0 Å². The molecule has 0 aromatic heterocycles. The van der Waals surface area contributed by atoms with Gasteiger partial charge < -0.3 is 10.2 Å². The van der Waals surface area contributed by atoms with Crippen molar-refractivity contribution in [1.29, 1.82) is 0 Å². The van der Waals surface area contributed by atoms with Crippen molar-refractivity contribution in [3.05, 3.63) is 58.6 Å². The number of hydrogen-bond donors (Lipinski definition) is 7. The molecular formula is C22H15N5O19S5. The molecule has 0 spiro atoms. The van der Waals surface area contributed by atoms with Crippen LogP contribution in [0.1, 0.15) is 0 Å². The smallest absolute Gasteiger partial charge is 0.296 e. The molecule has 0 atom stereocenters. The van der Waals surface area contributed by atoms with E-state index in [0.29, 0.717) is 24.3 Å². The lowest BCUT2D eigenvalue weighted by Crippen LogP contribution is -2.02. The van der Waals surface area contributed by atoms with Gasteiger partial charge >= 0.3 is 0 Å². The van der Waals surface area contributed by atoms with Crippen LogP contribution in [0, 0.1) is 10.1 Å². The third-order valence-electron chi connectivity index (χ3n) is 6.01. The summed E-state index contributed by atoms with van der Waals surface area (Å²) < 4.78 is 109. The van der Waals surface area contributed by atoms with Crippen molar-refractivity contribution >= 4 is 93.6 Å². The summed E-state index contributed by atoms with van der Waals surface area (Å²) in [6.45, 7) is 0. The number of nitro groups is 1. The summed E-state index contributed by atoms with van der Waals surface area (Å²) in [7, 11) is -15.4. The van der Waals surface area contributed by atoms with Gasteiger partial charge in [-0.25, -0.2) is 10.5 Å². The molecule has 0 aliphatic rings. The number of aromatic hydroxyl groups is 2. The molecule has 0 bridgehead atoms. The number of benzene rings is 4. The van der Waals surface area contributed by atoms with Crippen LogP contribution in [0.25, 0.3) is 10.8 Å². The Morgan fingerprint density at radius 3 is 1.78 bits per heavy atom. The van der Waals surface area contributed by atoms with Crippen LogP contribution < -0.4 is 0 Å². The highest BCUT2D eigenvalue weighted by atomic mass is 32.2. The van der Waals surface area contributed by atoms with Gasteiger partial charge in [0, 0.05) is 12.1 Å². The molecule has 0 amide bonds. The van der Waals surface area contributed by atoms with Crippen molar-refractivity contribution in [1.82, 2.24) is 0 Å². The second kappa shape index (κ2) is 15.4. The Bertz CT molecular complexity index is 2440. The molecule has 4 aromatic rings. The van der Waals surface area contributed by atoms with E-state index in [1.807, 2.05) is 0 Å². The van der Waals surface area contributed by atoms with Crippen molar-refractivity contribution in [2.24, 2.45) is 20.5 Å². The molecule has 0 heterocycles. The van der Waals surface area contributed by atoms with Crippen LogP contribution in [-0.4, -0.2) is 64.6 Å². The average Bonchev–Trinajstić information content (AvgIpc) is 3.03. The van der Waals surface area contributed by atoms with Crippen LogP contribution in [-0.2, 0) is 49.1 Å². The van der Waals surface area contributed by atoms with Gasteiger partial charge in [0.15, 0.2) is 11.5 Å². The van der Waals surface area contributed by atoms with Crippen molar-refractivity contribution in [2.75, 3.05) is 0 Å². The van der Waals surface area contributed by atoms with Crippen molar-refractivity contribution in [3.8, 4) is 11.5 Å². The van der Waals surface area contributed by atoms with Gasteiger partial charge in [-0.3, -0.25) is 23.8 Å². The second-order valence-electron chi connectivity index (χ2n) is 9.06. The molecule has 51 heavy (non-hydrogen) atoms. The molecule has 0 saturated heterocycles. The summed E-state index contributed by atoms with van der Waals surface area (Å²) in [4.78, 5) is 6.58. The molecule has 0 aliphatic carbocycles. The summed E-state index contributed by atoms with van der Waals surface area (Å²) in [5.41, 5.74) is -3.60. The first-order valence-corrected chi connectivity index (χ1v) is 18.1. The van der Waals surface area contributed by atoms with Gasteiger partial charge in [-0.05, 0) is 41.8 Å². The van der Waals surface area contributed by atoms with Gasteiger partial charge in [0.05, 0.1) is 49.1 Å². The number of phenolic OH excluding ortho intramolecular Hbond substituents is 2. The maximum Gasteiger partial charge on any atom is 0.296 e. The summed E-state index contributed by atoms with van der Waals surface area (Å²) in [5.74, 6) is -2.36. The molecule has 0 unspecified atom stereocenters. The summed E-state index contributed by atoms with van der Waals surface area (Å²) >= 11 is 0.240. The highest BCUT2D eigenvalue weighted by Gasteiger charge is 2.27. The summed E-state index contributed by atoms with van der Waals surface area (Å²) in [5, 5.41) is 71.0. The van der Waals surface area contributed by atoms with Crippen LogP contribution in [0.5, 0.6) is 11.5 Å². The highest BCUT2D eigenvalue weighted by molar-refractivity contribution is 7.95. The van der Waals surface area contributed by atoms with E-state index in [9.17, 15) is 59.2 Å². The predicted molar refractivity (Wildman–Crippen MR) is 166 cm³/mol. The van der Waals surface area contributed by atoms with E-state index in [0.717, 1.165) is 24.3 Å². The minimum atomic E-state index is -5.29. The molecule has 4 rings (SSSR count). The minimum absolute atomic E-state index is 0.0553. The fourth-order valence-corrected chi connectivity index (χ4v) is 6.67. The fraction of sp³-hybridized carbons (Fsp3) is 0. The lowest BCUT2D eigenvalue weighted by molar-refractivity contribution is -0.432. The lowest BCUT2D eigenvalue weighted by atomic mass is 10.1. The summed E-state index contributed by atoms with van der Waals surface area (Å²) in [6, 6.07) is 5.97. The first-order valence-electron chi connectivity index (χ1n) is 12.3. The third kappa shape index (κ3) is 9.07. The van der Waals surface area contributed by atoms with E-state index in [4.69, 9.17) is 10.5 Å². The fourth-order valence-electron chi connectivity index (χ4n) is 3.95. The van der Waals surface area contributed by atoms with Crippen LogP contribution in [0.15, 0.2) is 93.5 Å². The molecule has 7 N–H and O–H groups in total. The quantitative estimate of drug-likeness (QED) is 0.0204. The average molecular weight is 814 g/mol. The maximum atomic E-state index is 12.4. The minimum Gasteiger partial charge on any atom is -0.505 e. The molecular weight excluding hydrogens is 799 g/mol. The number of azo groups is 2. The van der Waals surface area contributed by atoms with Crippen molar-refractivity contribution < 1.29 is 83.3 Å². The number of non-ortho nitro benzene ring substituents is 1. The Morgan fingerprint density at radius 1 is 0.647 bits per heavy atom. The topological polar surface area (TPSA) is 374 Å². The van der Waals surface area contributed by atoms with Crippen LogP contribution >= 0.6 is 24.1 Å². The van der Waals surface area contributed by atoms with Crippen LogP contribution in [0.3, 0.4) is 0 Å². The molecule has 0 aliphatic heterocycles. The zero-order valence-electron chi connectivity index (χ0n) is 23.9. The van der Waals surface area contributed by atoms with E-state index in [-0.39, 0.29) is 34.7 Å². The lowest BCUT2D eigenvalue weighted by Gasteiger charge is -2.13. The Kier molecular flexibility index (Phi) is 11.9. The molecule has 24 nitrogen and oxygen atoms in total. The van der Waals surface area contributed by atoms with E-state index in [1.165, 1.54) is 0 Å². The first-order chi connectivity index (χ1) is 23.8. The second-order valence-corrected chi connectivity index (χ2v) is 14.7. The standard InChI is InChI=1S/C22H15N5O19S5/c28-21-18-9(5-15(48-46-44-33)19(21)25-24-13-8-11(49(34,35)36)2-4-16(13)50(37,38)39)6-17(51(40,41)42)20(22(18)29)26-23-12-3-1-10(27(30)31)7-14(12)47-45-43-32/h1-8,28-29,32-33H,(H,34,35,36)(H,37,38,39)(H,40,41,42). The first kappa shape index (κ1) is 39.3. The maximum absolute atomic E-state index is 12.4. The number of nitrogens with zero attached hydrogens (tertiary/aromatic N) is 5. The molecule has 0 radical (unpaired) electrons. The number of fused-ring (bicyclic) bond motifs is 1. The molecule has 29 heteroatoms.